The number of likely N-dealkylation sites (N-methyl/N-ethyl adjacent to an activating group) is 1. The van der Waals surface area contributed by atoms with Gasteiger partial charge in [-0.2, -0.15) is 0 Å². The lowest BCUT2D eigenvalue weighted by Gasteiger charge is -2.34. The van der Waals surface area contributed by atoms with E-state index in [0.717, 1.165) is 0 Å². The summed E-state index contributed by atoms with van der Waals surface area (Å²) in [5, 5.41) is 2.77. The number of anilines is 1. The van der Waals surface area contributed by atoms with E-state index < -0.39 is 5.60 Å². The molecule has 1 aliphatic heterocycles. The Morgan fingerprint density at radius 1 is 1.18 bits per heavy atom. The van der Waals surface area contributed by atoms with Crippen LogP contribution in [0.3, 0.4) is 0 Å². The summed E-state index contributed by atoms with van der Waals surface area (Å²) in [5.41, 5.74) is 1.23. The highest BCUT2D eigenvalue weighted by molar-refractivity contribution is 5.98. The van der Waals surface area contributed by atoms with Gasteiger partial charge in [-0.3, -0.25) is 9.59 Å². The van der Waals surface area contributed by atoms with Gasteiger partial charge < -0.3 is 24.4 Å². The maximum absolute atomic E-state index is 13.1. The normalized spacial score (nSPS) is 14.3. The monoisotopic (exact) mass is 464 g/mol. The minimum atomic E-state index is -0.533. The number of rotatable bonds is 5. The summed E-state index contributed by atoms with van der Waals surface area (Å²) in [6, 6.07) is 10.7. The molecule has 180 valence electrons. The fourth-order valence-corrected chi connectivity index (χ4v) is 3.92. The van der Waals surface area contributed by atoms with Crippen LogP contribution in [0.4, 0.5) is 10.5 Å². The quantitative estimate of drug-likeness (QED) is 0.683. The molecule has 0 bridgehead atoms. The van der Waals surface area contributed by atoms with Crippen molar-refractivity contribution in [2.75, 3.05) is 32.0 Å². The molecule has 2 heterocycles. The van der Waals surface area contributed by atoms with Crippen LogP contribution >= 0.6 is 0 Å². The number of ether oxygens (including phenoxy) is 1. The Hall–Kier alpha value is -3.73. The number of carbonyl (C=O) groups excluding carboxylic acids is 3. The van der Waals surface area contributed by atoms with Gasteiger partial charge in [0.05, 0.1) is 6.54 Å². The van der Waals surface area contributed by atoms with Gasteiger partial charge in [0.15, 0.2) is 0 Å². The zero-order valence-electron chi connectivity index (χ0n) is 20.2. The van der Waals surface area contributed by atoms with Crippen LogP contribution in [0.25, 0.3) is 0 Å². The van der Waals surface area contributed by atoms with E-state index >= 15 is 0 Å². The molecule has 0 unspecified atom stereocenters. The Morgan fingerprint density at radius 3 is 2.53 bits per heavy atom. The van der Waals surface area contributed by atoms with Gasteiger partial charge in [0.2, 0.25) is 5.91 Å². The summed E-state index contributed by atoms with van der Waals surface area (Å²) >= 11 is 0. The molecule has 8 heteroatoms. The molecule has 0 aliphatic carbocycles. The second-order valence-corrected chi connectivity index (χ2v) is 9.43. The zero-order chi connectivity index (χ0) is 24.9. The molecule has 3 rings (SSSR count). The molecule has 1 N–H and O–H groups in total. The number of hydrogen-bond acceptors (Lipinski definition) is 4. The van der Waals surface area contributed by atoms with E-state index in [1.165, 1.54) is 4.90 Å². The lowest BCUT2D eigenvalue weighted by molar-refractivity contribution is -0.116. The Morgan fingerprint density at radius 2 is 1.88 bits per heavy atom. The molecule has 3 amide bonds. The number of hydrogen-bond donors (Lipinski definition) is 1. The van der Waals surface area contributed by atoms with Crippen LogP contribution in [0.5, 0.6) is 0 Å². The summed E-state index contributed by atoms with van der Waals surface area (Å²) in [5.74, 6) is 1.97. The van der Waals surface area contributed by atoms with Crippen LogP contribution in [0.15, 0.2) is 42.6 Å². The number of amides is 3. The third-order valence-electron chi connectivity index (χ3n) is 5.55. The highest BCUT2D eigenvalue weighted by Crippen LogP contribution is 2.26. The minimum absolute atomic E-state index is 0.0846. The van der Waals surface area contributed by atoms with Crippen LogP contribution in [-0.2, 0) is 9.53 Å². The molecule has 1 aliphatic rings. The molecule has 34 heavy (non-hydrogen) atoms. The van der Waals surface area contributed by atoms with Crippen LogP contribution in [0.1, 0.15) is 55.7 Å². The van der Waals surface area contributed by atoms with Crippen molar-refractivity contribution in [1.29, 1.82) is 0 Å². The van der Waals surface area contributed by atoms with Gasteiger partial charge in [-0.1, -0.05) is 12.0 Å². The smallest absolute Gasteiger partial charge is 0.410 e. The largest absolute Gasteiger partial charge is 0.444 e. The maximum atomic E-state index is 13.1. The first-order valence-electron chi connectivity index (χ1n) is 11.3. The first kappa shape index (κ1) is 24.9. The molecule has 1 fully saturated rings. The molecule has 1 aromatic heterocycles. The van der Waals surface area contributed by atoms with E-state index in [9.17, 15) is 14.4 Å². The highest BCUT2D eigenvalue weighted by Gasteiger charge is 2.29. The van der Waals surface area contributed by atoms with E-state index in [2.05, 4.69) is 11.2 Å². The standard InChI is InChI=1S/C26H32N4O4/c1-6-19-9-7-10-20(17-19)27-23(31)18-28(5)24(32)22-11-8-14-30(22)21-12-15-29(16-13-21)25(33)34-26(2,3)4/h1,7-11,14,17,21H,12-13,15-16,18H2,2-5H3,(H,27,31). The zero-order valence-corrected chi connectivity index (χ0v) is 20.2. The molecule has 2 aromatic rings. The third kappa shape index (κ3) is 6.41. The van der Waals surface area contributed by atoms with E-state index in [-0.39, 0.29) is 30.5 Å². The second-order valence-electron chi connectivity index (χ2n) is 9.43. The average molecular weight is 465 g/mol. The van der Waals surface area contributed by atoms with Crippen molar-refractivity contribution in [2.24, 2.45) is 0 Å². The van der Waals surface area contributed by atoms with Crippen LogP contribution < -0.4 is 5.32 Å². The summed E-state index contributed by atoms with van der Waals surface area (Å²) < 4.78 is 7.40. The molecular weight excluding hydrogens is 432 g/mol. The van der Waals surface area contributed by atoms with E-state index in [1.807, 2.05) is 37.6 Å². The molecule has 0 radical (unpaired) electrons. The number of carbonyl (C=O) groups is 3. The van der Waals surface area contributed by atoms with Gasteiger partial charge >= 0.3 is 6.09 Å². The summed E-state index contributed by atoms with van der Waals surface area (Å²) in [7, 11) is 1.60. The van der Waals surface area contributed by atoms with Gasteiger partial charge in [-0.25, -0.2) is 4.79 Å². The van der Waals surface area contributed by atoms with Crippen molar-refractivity contribution >= 4 is 23.6 Å². The SMILES string of the molecule is C#Cc1cccc(NC(=O)CN(C)C(=O)c2cccn2C2CCN(C(=O)OC(C)(C)C)CC2)c1. The Kier molecular flexibility index (Phi) is 7.67. The second kappa shape index (κ2) is 10.5. The summed E-state index contributed by atoms with van der Waals surface area (Å²) in [6.07, 6.45) is 8.39. The molecule has 0 saturated carbocycles. The van der Waals surface area contributed by atoms with Crippen molar-refractivity contribution in [3.63, 3.8) is 0 Å². The van der Waals surface area contributed by atoms with Gasteiger partial charge in [0.1, 0.15) is 11.3 Å². The van der Waals surface area contributed by atoms with Crippen molar-refractivity contribution in [1.82, 2.24) is 14.4 Å². The molecular formula is C26H32N4O4. The first-order valence-corrected chi connectivity index (χ1v) is 11.3. The van der Waals surface area contributed by atoms with Crippen molar-refractivity contribution < 1.29 is 19.1 Å². The van der Waals surface area contributed by atoms with Crippen molar-refractivity contribution in [2.45, 2.75) is 45.3 Å². The molecule has 8 nitrogen and oxygen atoms in total. The predicted molar refractivity (Wildman–Crippen MR) is 130 cm³/mol. The number of terminal acetylenes is 1. The van der Waals surface area contributed by atoms with Crippen LogP contribution in [0.2, 0.25) is 0 Å². The fraction of sp³-hybridized carbons (Fsp3) is 0.423. The number of benzene rings is 1. The number of piperidine rings is 1. The van der Waals surface area contributed by atoms with E-state index in [4.69, 9.17) is 11.2 Å². The van der Waals surface area contributed by atoms with E-state index in [1.54, 1.807) is 42.3 Å². The average Bonchev–Trinajstić information content (AvgIpc) is 3.27. The summed E-state index contributed by atoms with van der Waals surface area (Å²) in [6.45, 7) is 6.56. The highest BCUT2D eigenvalue weighted by atomic mass is 16.6. The van der Waals surface area contributed by atoms with Gasteiger partial charge in [-0.15, -0.1) is 6.42 Å². The Balaban J connectivity index is 1.58. The maximum Gasteiger partial charge on any atom is 0.410 e. The van der Waals surface area contributed by atoms with Crippen molar-refractivity contribution in [3.05, 3.63) is 53.9 Å². The number of likely N-dealkylation sites (tertiary alicyclic amines) is 1. The number of aromatic nitrogens is 1. The first-order chi connectivity index (χ1) is 16.1. The van der Waals surface area contributed by atoms with Crippen LogP contribution in [-0.4, -0.2) is 64.6 Å². The molecule has 1 aromatic carbocycles. The number of nitrogens with zero attached hydrogens (tertiary/aromatic N) is 3. The fourth-order valence-electron chi connectivity index (χ4n) is 3.92. The summed E-state index contributed by atoms with van der Waals surface area (Å²) in [4.78, 5) is 41.0. The Bertz CT molecular complexity index is 1080. The van der Waals surface area contributed by atoms with Gasteiger partial charge in [-0.05, 0) is 63.9 Å². The topological polar surface area (TPSA) is 83.9 Å². The third-order valence-corrected chi connectivity index (χ3v) is 5.55. The lowest BCUT2D eigenvalue weighted by atomic mass is 10.0. The lowest BCUT2D eigenvalue weighted by Crippen LogP contribution is -2.42. The van der Waals surface area contributed by atoms with Gasteiger partial charge in [0, 0.05) is 43.6 Å². The molecule has 1 saturated heterocycles. The Labute approximate surface area is 200 Å². The predicted octanol–water partition coefficient (Wildman–Crippen LogP) is 3.75. The van der Waals surface area contributed by atoms with E-state index in [0.29, 0.717) is 42.9 Å². The van der Waals surface area contributed by atoms with Crippen LogP contribution in [0, 0.1) is 12.3 Å². The van der Waals surface area contributed by atoms with Gasteiger partial charge in [0.25, 0.3) is 5.91 Å². The molecule has 0 spiro atoms. The number of nitrogens with one attached hydrogen (secondary N) is 1. The van der Waals surface area contributed by atoms with Crippen molar-refractivity contribution in [3.8, 4) is 12.3 Å². The minimum Gasteiger partial charge on any atom is -0.444 e. The molecule has 0 atom stereocenters.